The first kappa shape index (κ1) is 20.5. The molecule has 7 heteroatoms. The number of rotatable bonds is 5. The molecule has 1 aliphatic rings. The van der Waals surface area contributed by atoms with Crippen molar-refractivity contribution in [2.75, 3.05) is 12.8 Å². The van der Waals surface area contributed by atoms with E-state index in [1.807, 2.05) is 43.3 Å². The van der Waals surface area contributed by atoms with Crippen LogP contribution in [0.15, 0.2) is 40.9 Å². The number of nitriles is 2. The van der Waals surface area contributed by atoms with Gasteiger partial charge in [0, 0.05) is 12.5 Å². The van der Waals surface area contributed by atoms with Gasteiger partial charge in [0.25, 0.3) is 0 Å². The molecule has 0 radical (unpaired) electrons. The normalized spacial score (nSPS) is 19.5. The highest BCUT2D eigenvalue weighted by molar-refractivity contribution is 8.03. The lowest BCUT2D eigenvalue weighted by Gasteiger charge is -2.34. The van der Waals surface area contributed by atoms with Crippen molar-refractivity contribution in [3.8, 4) is 12.1 Å². The largest absolute Gasteiger partial charge is 0.338 e. The summed E-state index contributed by atoms with van der Waals surface area (Å²) in [5.41, 5.74) is 0.449. The number of amides is 2. The summed E-state index contributed by atoms with van der Waals surface area (Å²) in [6.07, 6.45) is 0. The summed E-state index contributed by atoms with van der Waals surface area (Å²) in [5, 5.41) is 21.7. The lowest BCUT2D eigenvalue weighted by atomic mass is 9.72. The Morgan fingerprint density at radius 3 is 2.52 bits per heavy atom. The molecule has 1 heterocycles. The number of nitrogens with zero attached hydrogens (tertiary/aromatic N) is 3. The molecule has 0 saturated heterocycles. The molecule has 1 aromatic rings. The number of carbonyl (C=O) groups excluding carboxylic acids is 2. The average Bonchev–Trinajstić information content (AvgIpc) is 2.65. The molecule has 0 aromatic heterocycles. The average molecular weight is 382 g/mol. The molecule has 2 rings (SSSR count). The zero-order chi connectivity index (χ0) is 20.2. The highest BCUT2D eigenvalue weighted by atomic mass is 32.2. The zero-order valence-electron chi connectivity index (χ0n) is 15.8. The summed E-state index contributed by atoms with van der Waals surface area (Å²) in [5.74, 6) is -1.41. The van der Waals surface area contributed by atoms with Gasteiger partial charge >= 0.3 is 0 Å². The molecule has 0 unspecified atom stereocenters. The third-order valence-corrected chi connectivity index (χ3v) is 5.92. The van der Waals surface area contributed by atoms with E-state index in [1.165, 1.54) is 0 Å². The molecule has 1 aliphatic heterocycles. The van der Waals surface area contributed by atoms with E-state index >= 15 is 0 Å². The second kappa shape index (κ2) is 8.28. The lowest BCUT2D eigenvalue weighted by molar-refractivity contribution is -0.129. The van der Waals surface area contributed by atoms with Gasteiger partial charge in [-0.2, -0.15) is 10.5 Å². The Morgan fingerprint density at radius 1 is 1.33 bits per heavy atom. The minimum absolute atomic E-state index is 0.0851. The standard InChI is InChI=1S/C20H22N4O2S/c1-13(14-8-6-5-7-9-14)24(4)17(25)12-27-19-16(11-22)20(2,3)15(10-21)18(26)23-19/h5-9,13,15H,12H2,1-4H3,(H,23,26)/t13-,15+/m0/s1. The fourth-order valence-electron chi connectivity index (χ4n) is 2.94. The fraction of sp³-hybridized carbons (Fsp3) is 0.400. The SMILES string of the molecule is C[C@@H](c1ccccc1)N(C)C(=O)CSC1=C(C#N)C(C)(C)[C@H](C#N)C(=O)N1. The predicted octanol–water partition coefficient (Wildman–Crippen LogP) is 2.97. The Kier molecular flexibility index (Phi) is 6.30. The summed E-state index contributed by atoms with van der Waals surface area (Å²) in [4.78, 5) is 26.4. The molecule has 2 atom stereocenters. The van der Waals surface area contributed by atoms with Gasteiger partial charge in [-0.1, -0.05) is 55.9 Å². The van der Waals surface area contributed by atoms with Crippen LogP contribution in [-0.4, -0.2) is 29.5 Å². The van der Waals surface area contributed by atoms with E-state index in [-0.39, 0.29) is 17.7 Å². The maximum atomic E-state index is 12.6. The molecule has 0 saturated carbocycles. The highest BCUT2D eigenvalue weighted by Crippen LogP contribution is 2.41. The van der Waals surface area contributed by atoms with Crippen molar-refractivity contribution in [2.45, 2.75) is 26.8 Å². The van der Waals surface area contributed by atoms with Crippen molar-refractivity contribution < 1.29 is 9.59 Å². The number of thioether (sulfide) groups is 1. The van der Waals surface area contributed by atoms with E-state index in [1.54, 1.807) is 25.8 Å². The second-order valence-electron chi connectivity index (χ2n) is 6.97. The molecule has 0 fully saturated rings. The Hall–Kier alpha value is -2.77. The summed E-state index contributed by atoms with van der Waals surface area (Å²) < 4.78 is 0. The number of benzene rings is 1. The van der Waals surface area contributed by atoms with E-state index in [0.29, 0.717) is 10.6 Å². The van der Waals surface area contributed by atoms with Crippen molar-refractivity contribution in [1.82, 2.24) is 10.2 Å². The van der Waals surface area contributed by atoms with E-state index in [9.17, 15) is 20.1 Å². The number of allylic oxidation sites excluding steroid dienone is 1. The maximum absolute atomic E-state index is 12.6. The topological polar surface area (TPSA) is 97.0 Å². The first-order valence-corrected chi connectivity index (χ1v) is 9.51. The molecule has 2 amide bonds. The molecule has 1 N–H and O–H groups in total. The van der Waals surface area contributed by atoms with Crippen LogP contribution in [0.2, 0.25) is 0 Å². The Labute approximate surface area is 163 Å². The first-order valence-electron chi connectivity index (χ1n) is 8.52. The predicted molar refractivity (Wildman–Crippen MR) is 104 cm³/mol. The summed E-state index contributed by atoms with van der Waals surface area (Å²) in [6, 6.07) is 13.7. The molecule has 0 bridgehead atoms. The first-order chi connectivity index (χ1) is 12.7. The molecular weight excluding hydrogens is 360 g/mol. The third kappa shape index (κ3) is 4.15. The van der Waals surface area contributed by atoms with Gasteiger partial charge in [0.15, 0.2) is 0 Å². The van der Waals surface area contributed by atoms with Crippen LogP contribution in [0.1, 0.15) is 32.4 Å². The van der Waals surface area contributed by atoms with Crippen LogP contribution >= 0.6 is 11.8 Å². The van der Waals surface area contributed by atoms with Crippen molar-refractivity contribution in [3.05, 3.63) is 46.5 Å². The van der Waals surface area contributed by atoms with Gasteiger partial charge in [-0.25, -0.2) is 0 Å². The van der Waals surface area contributed by atoms with Gasteiger partial charge in [-0.15, -0.1) is 0 Å². The van der Waals surface area contributed by atoms with Gasteiger partial charge in [-0.3, -0.25) is 9.59 Å². The van der Waals surface area contributed by atoms with Crippen molar-refractivity contribution in [2.24, 2.45) is 11.3 Å². The summed E-state index contributed by atoms with van der Waals surface area (Å²) in [7, 11) is 1.73. The van der Waals surface area contributed by atoms with Crippen LogP contribution in [0.25, 0.3) is 0 Å². The smallest absolute Gasteiger partial charge is 0.243 e. The zero-order valence-corrected chi connectivity index (χ0v) is 16.6. The summed E-state index contributed by atoms with van der Waals surface area (Å²) >= 11 is 1.12. The molecule has 0 aliphatic carbocycles. The second-order valence-corrected chi connectivity index (χ2v) is 7.95. The number of carbonyl (C=O) groups is 2. The lowest BCUT2D eigenvalue weighted by Crippen LogP contribution is -2.44. The maximum Gasteiger partial charge on any atom is 0.243 e. The molecule has 6 nitrogen and oxygen atoms in total. The van der Waals surface area contributed by atoms with Crippen molar-refractivity contribution in [1.29, 1.82) is 10.5 Å². The van der Waals surface area contributed by atoms with Gasteiger partial charge in [0.1, 0.15) is 5.92 Å². The van der Waals surface area contributed by atoms with Crippen LogP contribution in [0, 0.1) is 34.0 Å². The van der Waals surface area contributed by atoms with E-state index in [0.717, 1.165) is 17.3 Å². The number of nitrogens with one attached hydrogen (secondary N) is 1. The van der Waals surface area contributed by atoms with Crippen molar-refractivity contribution in [3.63, 3.8) is 0 Å². The Morgan fingerprint density at radius 2 is 1.96 bits per heavy atom. The minimum atomic E-state index is -0.937. The number of hydrogen-bond acceptors (Lipinski definition) is 5. The van der Waals surface area contributed by atoms with Gasteiger partial charge in [0.05, 0.1) is 34.5 Å². The van der Waals surface area contributed by atoms with Crippen LogP contribution < -0.4 is 5.32 Å². The minimum Gasteiger partial charge on any atom is -0.338 e. The quantitative estimate of drug-likeness (QED) is 0.844. The van der Waals surface area contributed by atoms with Crippen LogP contribution in [0.5, 0.6) is 0 Å². The molecule has 140 valence electrons. The van der Waals surface area contributed by atoms with Crippen LogP contribution in [-0.2, 0) is 9.59 Å². The summed E-state index contributed by atoms with van der Waals surface area (Å²) in [6.45, 7) is 5.34. The molecular formula is C20H22N4O2S. The third-order valence-electron chi connectivity index (χ3n) is 4.93. The number of hydrogen-bond donors (Lipinski definition) is 1. The highest BCUT2D eigenvalue weighted by Gasteiger charge is 2.44. The van der Waals surface area contributed by atoms with Gasteiger partial charge < -0.3 is 10.2 Å². The fourth-order valence-corrected chi connectivity index (χ4v) is 4.04. The molecule has 27 heavy (non-hydrogen) atoms. The van der Waals surface area contributed by atoms with E-state index in [2.05, 4.69) is 11.4 Å². The van der Waals surface area contributed by atoms with E-state index < -0.39 is 17.2 Å². The van der Waals surface area contributed by atoms with E-state index in [4.69, 9.17) is 0 Å². The molecule has 1 aromatic carbocycles. The van der Waals surface area contributed by atoms with Crippen LogP contribution in [0.3, 0.4) is 0 Å². The van der Waals surface area contributed by atoms with Gasteiger partial charge in [-0.05, 0) is 12.5 Å². The molecule has 0 spiro atoms. The Bertz CT molecular complexity index is 849. The van der Waals surface area contributed by atoms with Crippen molar-refractivity contribution >= 4 is 23.6 Å². The monoisotopic (exact) mass is 382 g/mol. The van der Waals surface area contributed by atoms with Crippen LogP contribution in [0.4, 0.5) is 0 Å². The van der Waals surface area contributed by atoms with Gasteiger partial charge in [0.2, 0.25) is 11.8 Å². The Balaban J connectivity index is 2.14.